The van der Waals surface area contributed by atoms with Crippen molar-refractivity contribution >= 4 is 27.6 Å². The van der Waals surface area contributed by atoms with E-state index < -0.39 is 16.7 Å². The number of nitrogens with zero attached hydrogens (tertiary/aromatic N) is 2. The Morgan fingerprint density at radius 3 is 2.71 bits per heavy atom. The van der Waals surface area contributed by atoms with Crippen LogP contribution in [0.25, 0.3) is 10.9 Å². The molecule has 2 aromatic carbocycles. The topological polar surface area (TPSA) is 103 Å². The number of primary amides is 1. The summed E-state index contributed by atoms with van der Waals surface area (Å²) in [5.41, 5.74) is 11.5. The second kappa shape index (κ2) is 9.60. The van der Waals surface area contributed by atoms with Crippen LogP contribution in [0.15, 0.2) is 41.4 Å². The molecule has 1 amide bonds. The number of rotatable bonds is 6. The number of nitriles is 1. The summed E-state index contributed by atoms with van der Waals surface area (Å²) in [7, 11) is -1.34. The molecule has 35 heavy (non-hydrogen) atoms. The molecule has 182 valence electrons. The largest absolute Gasteiger partial charge is 0.365 e. The molecule has 0 spiro atoms. The summed E-state index contributed by atoms with van der Waals surface area (Å²) in [5, 5.41) is 10.6. The van der Waals surface area contributed by atoms with Crippen LogP contribution in [0.2, 0.25) is 0 Å². The number of amides is 1. The van der Waals surface area contributed by atoms with E-state index in [9.17, 15) is 14.3 Å². The van der Waals surface area contributed by atoms with Crippen molar-refractivity contribution < 1.29 is 9.00 Å². The number of benzene rings is 2. The molecule has 1 saturated carbocycles. The zero-order valence-electron chi connectivity index (χ0n) is 20.2. The van der Waals surface area contributed by atoms with Gasteiger partial charge in [0.2, 0.25) is 0 Å². The molecule has 1 aromatic heterocycles. The highest BCUT2D eigenvalue weighted by atomic mass is 32.2. The third kappa shape index (κ3) is 4.41. The first-order valence-electron chi connectivity index (χ1n) is 12.4. The van der Waals surface area contributed by atoms with Gasteiger partial charge in [0.25, 0.3) is 5.91 Å². The SMILES string of the molecule is CS(=O)c1[nH]c2cccc(C3(CCN4CCc5ccc(C#N)cc5C4)CCCCC3)c2c1C(N)=O. The second-order valence-corrected chi connectivity index (χ2v) is 11.4. The fraction of sp³-hybridized carbons (Fsp3) is 0.429. The quantitative estimate of drug-likeness (QED) is 0.532. The Bertz CT molecular complexity index is 1350. The number of hydrogen-bond donors (Lipinski definition) is 2. The van der Waals surface area contributed by atoms with Crippen molar-refractivity contribution in [3.8, 4) is 6.07 Å². The molecule has 6 nitrogen and oxygen atoms in total. The van der Waals surface area contributed by atoms with Gasteiger partial charge < -0.3 is 10.7 Å². The van der Waals surface area contributed by atoms with Crippen LogP contribution in [0.1, 0.15) is 71.1 Å². The van der Waals surface area contributed by atoms with E-state index in [0.717, 1.165) is 74.6 Å². The van der Waals surface area contributed by atoms with Gasteiger partial charge in [-0.05, 0) is 72.5 Å². The van der Waals surface area contributed by atoms with Crippen LogP contribution < -0.4 is 5.73 Å². The number of carbonyl (C=O) groups is 1. The van der Waals surface area contributed by atoms with Gasteiger partial charge in [-0.25, -0.2) is 0 Å². The summed E-state index contributed by atoms with van der Waals surface area (Å²) in [6.07, 6.45) is 9.27. The molecule has 2 aliphatic rings. The molecular weight excluding hydrogens is 456 g/mol. The van der Waals surface area contributed by atoms with Gasteiger partial charge in [0.15, 0.2) is 0 Å². The Hall–Kier alpha value is -2.95. The molecule has 7 heteroatoms. The van der Waals surface area contributed by atoms with Crippen LogP contribution >= 0.6 is 0 Å². The molecule has 0 bridgehead atoms. The lowest BCUT2D eigenvalue weighted by molar-refractivity contribution is 0.0998. The maximum absolute atomic E-state index is 12.6. The third-order valence-electron chi connectivity index (χ3n) is 8.04. The molecule has 2 heterocycles. The molecule has 1 aliphatic carbocycles. The average molecular weight is 489 g/mol. The summed E-state index contributed by atoms with van der Waals surface area (Å²) >= 11 is 0. The van der Waals surface area contributed by atoms with E-state index >= 15 is 0 Å². The van der Waals surface area contributed by atoms with Crippen LogP contribution in [-0.2, 0) is 29.2 Å². The maximum atomic E-state index is 12.6. The average Bonchev–Trinajstić information content (AvgIpc) is 3.28. The lowest BCUT2D eigenvalue weighted by Gasteiger charge is -2.41. The van der Waals surface area contributed by atoms with Crippen LogP contribution in [0.5, 0.6) is 0 Å². The molecule has 3 N–H and O–H groups in total. The lowest BCUT2D eigenvalue weighted by atomic mass is 9.66. The van der Waals surface area contributed by atoms with Crippen LogP contribution in [-0.4, -0.2) is 39.3 Å². The second-order valence-electron chi connectivity index (χ2n) is 10.1. The fourth-order valence-corrected chi connectivity index (χ4v) is 6.99. The Labute approximate surface area is 209 Å². The zero-order valence-corrected chi connectivity index (χ0v) is 21.0. The number of aromatic amines is 1. The predicted molar refractivity (Wildman–Crippen MR) is 139 cm³/mol. The number of aromatic nitrogens is 1. The van der Waals surface area contributed by atoms with Crippen molar-refractivity contribution in [2.45, 2.75) is 61.9 Å². The first kappa shape index (κ1) is 23.8. The van der Waals surface area contributed by atoms with Crippen molar-refractivity contribution in [2.24, 2.45) is 5.73 Å². The predicted octanol–water partition coefficient (Wildman–Crippen LogP) is 4.53. The Kier molecular flexibility index (Phi) is 6.52. The lowest BCUT2D eigenvalue weighted by Crippen LogP contribution is -2.37. The van der Waals surface area contributed by atoms with E-state index in [4.69, 9.17) is 5.73 Å². The van der Waals surface area contributed by atoms with E-state index in [2.05, 4.69) is 28.1 Å². The molecule has 1 unspecified atom stereocenters. The van der Waals surface area contributed by atoms with Gasteiger partial charge >= 0.3 is 0 Å². The summed E-state index contributed by atoms with van der Waals surface area (Å²) in [6, 6.07) is 14.5. The van der Waals surface area contributed by atoms with Crippen LogP contribution in [0, 0.1) is 11.3 Å². The van der Waals surface area contributed by atoms with Crippen molar-refractivity contribution in [3.05, 3.63) is 64.2 Å². The first-order chi connectivity index (χ1) is 16.9. The number of carbonyl (C=O) groups excluding carboxylic acids is 1. The highest BCUT2D eigenvalue weighted by Crippen LogP contribution is 2.46. The Morgan fingerprint density at radius 1 is 1.20 bits per heavy atom. The van der Waals surface area contributed by atoms with E-state index in [-0.39, 0.29) is 5.41 Å². The minimum absolute atomic E-state index is 0.0502. The van der Waals surface area contributed by atoms with Gasteiger partial charge in [0.05, 0.1) is 28.0 Å². The highest BCUT2D eigenvalue weighted by molar-refractivity contribution is 7.84. The van der Waals surface area contributed by atoms with E-state index in [1.54, 1.807) is 6.26 Å². The van der Waals surface area contributed by atoms with E-state index in [0.29, 0.717) is 10.6 Å². The molecular formula is C28H32N4O2S. The summed E-state index contributed by atoms with van der Waals surface area (Å²) < 4.78 is 12.4. The number of H-pyrrole nitrogens is 1. The number of hydrogen-bond acceptors (Lipinski definition) is 4. The Morgan fingerprint density at radius 2 is 2.00 bits per heavy atom. The minimum atomic E-state index is -1.34. The van der Waals surface area contributed by atoms with Gasteiger partial charge in [0.1, 0.15) is 5.03 Å². The molecule has 1 aliphatic heterocycles. The van der Waals surface area contributed by atoms with Crippen LogP contribution in [0.4, 0.5) is 0 Å². The van der Waals surface area contributed by atoms with Crippen molar-refractivity contribution in [2.75, 3.05) is 19.3 Å². The van der Waals surface area contributed by atoms with Gasteiger partial charge in [-0.15, -0.1) is 0 Å². The fourth-order valence-electron chi connectivity index (χ4n) is 6.25. The van der Waals surface area contributed by atoms with Gasteiger partial charge in [-0.2, -0.15) is 5.26 Å². The molecule has 0 radical (unpaired) electrons. The van der Waals surface area contributed by atoms with Crippen molar-refractivity contribution in [3.63, 3.8) is 0 Å². The van der Waals surface area contributed by atoms with E-state index in [1.165, 1.54) is 23.1 Å². The zero-order chi connectivity index (χ0) is 24.6. The van der Waals surface area contributed by atoms with Gasteiger partial charge in [0, 0.05) is 30.2 Å². The highest BCUT2D eigenvalue weighted by Gasteiger charge is 2.37. The first-order valence-corrected chi connectivity index (χ1v) is 14.0. The maximum Gasteiger partial charge on any atom is 0.252 e. The minimum Gasteiger partial charge on any atom is -0.365 e. The molecule has 1 atom stereocenters. The van der Waals surface area contributed by atoms with Crippen molar-refractivity contribution in [1.82, 2.24) is 9.88 Å². The molecule has 1 fully saturated rings. The molecule has 3 aromatic rings. The number of fused-ring (bicyclic) bond motifs is 2. The standard InChI is InChI=1S/C28H32N4O2S/c1-35(34)27-25(26(30)33)24-22(6-5-7-23(24)31-27)28(11-3-2-4-12-28)13-15-32-14-10-20-9-8-19(17-29)16-21(20)18-32/h5-9,16,31H,2-4,10-15,18H2,1H3,(H2,30,33). The van der Waals surface area contributed by atoms with Crippen LogP contribution in [0.3, 0.4) is 0 Å². The number of nitrogens with two attached hydrogens (primary N) is 1. The van der Waals surface area contributed by atoms with Crippen molar-refractivity contribution in [1.29, 1.82) is 5.26 Å². The van der Waals surface area contributed by atoms with Gasteiger partial charge in [-0.1, -0.05) is 37.5 Å². The molecule has 0 saturated heterocycles. The molecule has 5 rings (SSSR count). The smallest absolute Gasteiger partial charge is 0.252 e. The Balaban J connectivity index is 1.50. The summed E-state index contributed by atoms with van der Waals surface area (Å²) in [6.45, 7) is 2.82. The van der Waals surface area contributed by atoms with Gasteiger partial charge in [-0.3, -0.25) is 13.9 Å². The summed E-state index contributed by atoms with van der Waals surface area (Å²) in [4.78, 5) is 18.3. The monoisotopic (exact) mass is 488 g/mol. The summed E-state index contributed by atoms with van der Waals surface area (Å²) in [5.74, 6) is -0.527. The third-order valence-corrected chi connectivity index (χ3v) is 8.92. The van der Waals surface area contributed by atoms with E-state index in [1.807, 2.05) is 24.3 Å². The normalized spacial score (nSPS) is 18.6. The number of nitrogens with one attached hydrogen (secondary N) is 1.